The Bertz CT molecular complexity index is 778. The SMILES string of the molecule is CCc1c(CC)c(CC)c(-c2ccccc2Cl)c(C(=O)OC)c1CC. The lowest BCUT2D eigenvalue weighted by molar-refractivity contribution is 0.0600. The number of halogens is 1. The Labute approximate surface area is 156 Å². The van der Waals surface area contributed by atoms with Crippen molar-refractivity contribution in [3.05, 3.63) is 57.1 Å². The maximum Gasteiger partial charge on any atom is 0.338 e. The standard InChI is InChI=1S/C22H27ClO2/c1-6-14-15(7-2)17(9-4)21(22(24)25-5)20(16(14)8-3)18-12-10-11-13-19(18)23/h10-13H,6-9H2,1-5H3. The van der Waals surface area contributed by atoms with Crippen LogP contribution in [0.2, 0.25) is 5.02 Å². The molecule has 0 unspecified atom stereocenters. The van der Waals surface area contributed by atoms with Crippen molar-refractivity contribution in [1.82, 2.24) is 0 Å². The Morgan fingerprint density at radius 2 is 1.40 bits per heavy atom. The van der Waals surface area contributed by atoms with E-state index in [1.54, 1.807) is 0 Å². The van der Waals surface area contributed by atoms with Gasteiger partial charge in [-0.3, -0.25) is 0 Å². The highest BCUT2D eigenvalue weighted by Gasteiger charge is 2.26. The first kappa shape index (κ1) is 19.5. The van der Waals surface area contributed by atoms with E-state index in [0.717, 1.165) is 42.4 Å². The molecule has 0 aliphatic heterocycles. The zero-order valence-electron chi connectivity index (χ0n) is 15.8. The van der Waals surface area contributed by atoms with Gasteiger partial charge in [-0.25, -0.2) is 4.79 Å². The van der Waals surface area contributed by atoms with Crippen LogP contribution >= 0.6 is 11.6 Å². The Morgan fingerprint density at radius 1 is 0.880 bits per heavy atom. The van der Waals surface area contributed by atoms with Gasteiger partial charge in [0.05, 0.1) is 12.7 Å². The Hall–Kier alpha value is -1.80. The first-order valence-electron chi connectivity index (χ1n) is 9.08. The van der Waals surface area contributed by atoms with Crippen LogP contribution in [0, 0.1) is 0 Å². The molecule has 0 radical (unpaired) electrons. The molecular weight excluding hydrogens is 332 g/mol. The summed E-state index contributed by atoms with van der Waals surface area (Å²) in [5.74, 6) is -0.279. The van der Waals surface area contributed by atoms with E-state index in [1.807, 2.05) is 24.3 Å². The van der Waals surface area contributed by atoms with Crippen LogP contribution in [0.5, 0.6) is 0 Å². The monoisotopic (exact) mass is 358 g/mol. The third-order valence-corrected chi connectivity index (χ3v) is 5.22. The van der Waals surface area contributed by atoms with Gasteiger partial charge in [0.15, 0.2) is 0 Å². The number of hydrogen-bond donors (Lipinski definition) is 0. The lowest BCUT2D eigenvalue weighted by Gasteiger charge is -2.25. The lowest BCUT2D eigenvalue weighted by Crippen LogP contribution is -2.15. The highest BCUT2D eigenvalue weighted by atomic mass is 35.5. The number of benzene rings is 2. The van der Waals surface area contributed by atoms with Crippen LogP contribution in [0.15, 0.2) is 24.3 Å². The van der Waals surface area contributed by atoms with Crippen molar-refractivity contribution in [2.24, 2.45) is 0 Å². The summed E-state index contributed by atoms with van der Waals surface area (Å²) < 4.78 is 5.17. The van der Waals surface area contributed by atoms with Crippen molar-refractivity contribution in [3.8, 4) is 11.1 Å². The molecule has 0 N–H and O–H groups in total. The summed E-state index contributed by atoms with van der Waals surface area (Å²) >= 11 is 6.52. The topological polar surface area (TPSA) is 26.3 Å². The summed E-state index contributed by atoms with van der Waals surface area (Å²) in [6, 6.07) is 7.75. The van der Waals surface area contributed by atoms with E-state index < -0.39 is 0 Å². The maximum absolute atomic E-state index is 12.8. The van der Waals surface area contributed by atoms with Crippen LogP contribution in [-0.4, -0.2) is 13.1 Å². The third kappa shape index (κ3) is 3.46. The van der Waals surface area contributed by atoms with Gasteiger partial charge >= 0.3 is 5.97 Å². The Balaban J connectivity index is 3.06. The number of carbonyl (C=O) groups excluding carboxylic acids is 1. The highest BCUT2D eigenvalue weighted by Crippen LogP contribution is 2.40. The Kier molecular flexibility index (Phi) is 6.66. The molecule has 0 fully saturated rings. The quantitative estimate of drug-likeness (QED) is 0.588. The fraction of sp³-hybridized carbons (Fsp3) is 0.409. The van der Waals surface area contributed by atoms with Crippen molar-refractivity contribution in [3.63, 3.8) is 0 Å². The fourth-order valence-corrected chi connectivity index (χ4v) is 4.12. The number of ether oxygens (including phenoxy) is 1. The largest absolute Gasteiger partial charge is 0.465 e. The summed E-state index contributed by atoms with van der Waals surface area (Å²) in [5, 5.41) is 0.663. The number of hydrogen-bond acceptors (Lipinski definition) is 2. The van der Waals surface area contributed by atoms with E-state index in [1.165, 1.54) is 23.8 Å². The first-order valence-corrected chi connectivity index (χ1v) is 9.45. The van der Waals surface area contributed by atoms with Gasteiger partial charge in [-0.2, -0.15) is 0 Å². The van der Waals surface area contributed by atoms with Crippen LogP contribution < -0.4 is 0 Å². The Morgan fingerprint density at radius 3 is 1.88 bits per heavy atom. The molecule has 0 aliphatic carbocycles. The molecule has 134 valence electrons. The fourth-order valence-electron chi connectivity index (χ4n) is 3.89. The smallest absolute Gasteiger partial charge is 0.338 e. The predicted octanol–water partition coefficient (Wildman–Crippen LogP) is 6.04. The number of methoxy groups -OCH3 is 1. The molecule has 2 nitrogen and oxygen atoms in total. The van der Waals surface area contributed by atoms with E-state index in [2.05, 4.69) is 27.7 Å². The zero-order valence-corrected chi connectivity index (χ0v) is 16.6. The molecule has 0 amide bonds. The van der Waals surface area contributed by atoms with E-state index in [-0.39, 0.29) is 5.97 Å². The zero-order chi connectivity index (χ0) is 18.6. The molecule has 2 aromatic rings. The molecule has 0 heterocycles. The van der Waals surface area contributed by atoms with Crippen LogP contribution in [0.4, 0.5) is 0 Å². The normalized spacial score (nSPS) is 10.8. The second-order valence-corrected chi connectivity index (χ2v) is 6.46. The second kappa shape index (κ2) is 8.53. The van der Waals surface area contributed by atoms with Gasteiger partial charge in [-0.15, -0.1) is 0 Å². The average Bonchev–Trinajstić information content (AvgIpc) is 2.65. The van der Waals surface area contributed by atoms with Crippen molar-refractivity contribution in [2.75, 3.05) is 7.11 Å². The molecule has 0 aromatic heterocycles. The molecule has 0 aliphatic rings. The van der Waals surface area contributed by atoms with Gasteiger partial charge in [-0.05, 0) is 54.0 Å². The van der Waals surface area contributed by atoms with Crippen molar-refractivity contribution >= 4 is 17.6 Å². The van der Waals surface area contributed by atoms with Crippen LogP contribution in [0.3, 0.4) is 0 Å². The molecule has 2 rings (SSSR count). The van der Waals surface area contributed by atoms with Gasteiger partial charge in [0.2, 0.25) is 0 Å². The minimum absolute atomic E-state index is 0.279. The van der Waals surface area contributed by atoms with Gasteiger partial charge in [0, 0.05) is 16.1 Å². The summed E-state index contributed by atoms with van der Waals surface area (Å²) in [7, 11) is 1.45. The van der Waals surface area contributed by atoms with Crippen molar-refractivity contribution in [2.45, 2.75) is 53.4 Å². The third-order valence-electron chi connectivity index (χ3n) is 4.89. The number of rotatable bonds is 6. The van der Waals surface area contributed by atoms with E-state index >= 15 is 0 Å². The predicted molar refractivity (Wildman–Crippen MR) is 106 cm³/mol. The maximum atomic E-state index is 12.8. The van der Waals surface area contributed by atoms with E-state index in [4.69, 9.17) is 16.3 Å². The van der Waals surface area contributed by atoms with Gasteiger partial charge in [0.25, 0.3) is 0 Å². The molecule has 0 saturated heterocycles. The van der Waals surface area contributed by atoms with Gasteiger partial charge < -0.3 is 4.74 Å². The second-order valence-electron chi connectivity index (χ2n) is 6.05. The molecular formula is C22H27ClO2. The molecule has 0 atom stereocenters. The van der Waals surface area contributed by atoms with Crippen molar-refractivity contribution < 1.29 is 9.53 Å². The molecule has 25 heavy (non-hydrogen) atoms. The van der Waals surface area contributed by atoms with Crippen molar-refractivity contribution in [1.29, 1.82) is 0 Å². The molecule has 0 saturated carbocycles. The molecule has 3 heteroatoms. The number of carbonyl (C=O) groups is 1. The van der Waals surface area contributed by atoms with Crippen LogP contribution in [-0.2, 0) is 30.4 Å². The summed E-state index contributed by atoms with van der Waals surface area (Å²) in [5.41, 5.74) is 7.49. The summed E-state index contributed by atoms with van der Waals surface area (Å²) in [6.45, 7) is 8.58. The highest BCUT2D eigenvalue weighted by molar-refractivity contribution is 6.33. The minimum Gasteiger partial charge on any atom is -0.465 e. The molecule has 0 bridgehead atoms. The van der Waals surface area contributed by atoms with E-state index in [9.17, 15) is 4.79 Å². The average molecular weight is 359 g/mol. The van der Waals surface area contributed by atoms with Crippen LogP contribution in [0.1, 0.15) is 60.3 Å². The first-order chi connectivity index (χ1) is 12.0. The summed E-state index contributed by atoms with van der Waals surface area (Å²) in [6.07, 6.45) is 3.50. The summed E-state index contributed by atoms with van der Waals surface area (Å²) in [4.78, 5) is 12.8. The van der Waals surface area contributed by atoms with Gasteiger partial charge in [-0.1, -0.05) is 57.5 Å². The molecule has 2 aromatic carbocycles. The van der Waals surface area contributed by atoms with Crippen LogP contribution in [0.25, 0.3) is 11.1 Å². The van der Waals surface area contributed by atoms with Gasteiger partial charge in [0.1, 0.15) is 0 Å². The lowest BCUT2D eigenvalue weighted by atomic mass is 9.80. The van der Waals surface area contributed by atoms with E-state index in [0.29, 0.717) is 10.6 Å². The molecule has 0 spiro atoms. The number of esters is 1. The minimum atomic E-state index is -0.279.